The largest absolute Gasteiger partial charge is 0.496 e. The van der Waals surface area contributed by atoms with Crippen molar-refractivity contribution < 1.29 is 4.74 Å². The third-order valence-electron chi connectivity index (χ3n) is 4.40. The van der Waals surface area contributed by atoms with Crippen molar-refractivity contribution in [3.05, 3.63) is 23.0 Å². The van der Waals surface area contributed by atoms with E-state index in [1.54, 1.807) is 7.11 Å². The second-order valence-corrected chi connectivity index (χ2v) is 6.53. The van der Waals surface area contributed by atoms with Crippen LogP contribution in [0.25, 0.3) is 0 Å². The van der Waals surface area contributed by atoms with Crippen LogP contribution in [0.1, 0.15) is 36.6 Å². The summed E-state index contributed by atoms with van der Waals surface area (Å²) in [5, 5.41) is 0.288. The van der Waals surface area contributed by atoms with E-state index in [9.17, 15) is 0 Å². The highest BCUT2D eigenvalue weighted by Gasteiger charge is 2.23. The first-order chi connectivity index (χ1) is 9.52. The summed E-state index contributed by atoms with van der Waals surface area (Å²) in [5.41, 5.74) is 3.40. The Morgan fingerprint density at radius 2 is 2.05 bits per heavy atom. The summed E-state index contributed by atoms with van der Waals surface area (Å²) in [6.45, 7) is 9.38. The fourth-order valence-electron chi connectivity index (χ4n) is 3.01. The molecule has 4 heteroatoms. The van der Waals surface area contributed by atoms with Crippen molar-refractivity contribution >= 4 is 11.6 Å². The second-order valence-electron chi connectivity index (χ2n) is 5.84. The zero-order valence-electron chi connectivity index (χ0n) is 12.9. The van der Waals surface area contributed by atoms with Crippen LogP contribution in [-0.2, 0) is 6.54 Å². The highest BCUT2D eigenvalue weighted by molar-refractivity contribution is 6.20. The molecule has 112 valence electrons. The lowest BCUT2D eigenvalue weighted by molar-refractivity contribution is 0.174. The van der Waals surface area contributed by atoms with Crippen molar-refractivity contribution in [1.82, 2.24) is 9.88 Å². The van der Waals surface area contributed by atoms with E-state index in [0.717, 1.165) is 36.6 Å². The average Bonchev–Trinajstić information content (AvgIpc) is 2.43. The number of piperidine rings is 1. The van der Waals surface area contributed by atoms with Crippen LogP contribution in [0, 0.1) is 19.8 Å². The van der Waals surface area contributed by atoms with Gasteiger partial charge < -0.3 is 4.74 Å². The van der Waals surface area contributed by atoms with Gasteiger partial charge in [0.05, 0.1) is 12.8 Å². The molecule has 0 saturated carbocycles. The Kier molecular flexibility index (Phi) is 5.28. The maximum absolute atomic E-state index is 6.20. The molecule has 0 bridgehead atoms. The summed E-state index contributed by atoms with van der Waals surface area (Å²) in [5.74, 6) is 1.63. The number of ether oxygens (including phenoxy) is 1. The molecule has 1 aromatic heterocycles. The van der Waals surface area contributed by atoms with Gasteiger partial charge in [-0.2, -0.15) is 0 Å². The minimum atomic E-state index is 0.288. The Morgan fingerprint density at radius 3 is 2.60 bits per heavy atom. The summed E-state index contributed by atoms with van der Waals surface area (Å²) in [7, 11) is 1.73. The van der Waals surface area contributed by atoms with Crippen LogP contribution in [0.15, 0.2) is 6.20 Å². The van der Waals surface area contributed by atoms with Crippen LogP contribution in [0.3, 0.4) is 0 Å². The first-order valence-corrected chi connectivity index (χ1v) is 7.82. The monoisotopic (exact) mass is 296 g/mol. The smallest absolute Gasteiger partial charge is 0.128 e. The Hall–Kier alpha value is -0.800. The van der Waals surface area contributed by atoms with Crippen molar-refractivity contribution in [3.8, 4) is 5.75 Å². The summed E-state index contributed by atoms with van der Waals surface area (Å²) in [4.78, 5) is 7.06. The number of aryl methyl sites for hydroxylation is 1. The number of likely N-dealkylation sites (tertiary alicyclic amines) is 1. The van der Waals surface area contributed by atoms with E-state index in [-0.39, 0.29) is 5.38 Å². The van der Waals surface area contributed by atoms with Gasteiger partial charge in [0.1, 0.15) is 5.75 Å². The molecule has 2 heterocycles. The van der Waals surface area contributed by atoms with E-state index < -0.39 is 0 Å². The van der Waals surface area contributed by atoms with Crippen molar-refractivity contribution in [2.24, 2.45) is 5.92 Å². The molecule has 0 radical (unpaired) electrons. The lowest BCUT2D eigenvalue weighted by atomic mass is 9.94. The highest BCUT2D eigenvalue weighted by Crippen LogP contribution is 2.27. The second kappa shape index (κ2) is 6.77. The molecule has 1 unspecified atom stereocenters. The molecule has 0 N–H and O–H groups in total. The fourth-order valence-corrected chi connectivity index (χ4v) is 3.26. The number of aromatic nitrogens is 1. The number of rotatable bonds is 4. The fraction of sp³-hybridized carbons (Fsp3) is 0.688. The molecule has 1 aliphatic rings. The van der Waals surface area contributed by atoms with Gasteiger partial charge in [-0.25, -0.2) is 0 Å². The Bertz CT molecular complexity index is 454. The maximum atomic E-state index is 6.20. The number of methoxy groups -OCH3 is 1. The third kappa shape index (κ3) is 3.44. The molecule has 0 amide bonds. The number of halogens is 1. The number of alkyl halides is 1. The molecule has 1 aliphatic heterocycles. The topological polar surface area (TPSA) is 25.4 Å². The van der Waals surface area contributed by atoms with E-state index in [2.05, 4.69) is 23.7 Å². The van der Waals surface area contributed by atoms with E-state index in [1.807, 2.05) is 13.1 Å². The molecule has 0 aromatic carbocycles. The van der Waals surface area contributed by atoms with Crippen LogP contribution in [-0.4, -0.2) is 35.5 Å². The van der Waals surface area contributed by atoms with Crippen LogP contribution in [0.2, 0.25) is 0 Å². The minimum Gasteiger partial charge on any atom is -0.496 e. The van der Waals surface area contributed by atoms with Gasteiger partial charge >= 0.3 is 0 Å². The third-order valence-corrected chi connectivity index (χ3v) is 4.76. The standard InChI is InChI=1S/C16H25ClN2O/c1-11-9-18-15(12(2)16(11)20-4)10-19-7-5-14(6-8-19)13(3)17/h9,13-14H,5-8,10H2,1-4H3. The first kappa shape index (κ1) is 15.6. The number of hydrogen-bond acceptors (Lipinski definition) is 3. The van der Waals surface area contributed by atoms with Gasteiger partial charge in [-0.3, -0.25) is 9.88 Å². The van der Waals surface area contributed by atoms with Crippen molar-refractivity contribution in [2.45, 2.75) is 45.5 Å². The predicted molar refractivity (Wildman–Crippen MR) is 83.6 cm³/mol. The Balaban J connectivity index is 2.01. The molecule has 0 spiro atoms. The first-order valence-electron chi connectivity index (χ1n) is 7.38. The highest BCUT2D eigenvalue weighted by atomic mass is 35.5. The summed E-state index contributed by atoms with van der Waals surface area (Å²) < 4.78 is 5.48. The molecule has 20 heavy (non-hydrogen) atoms. The number of pyridine rings is 1. The molecule has 1 atom stereocenters. The van der Waals surface area contributed by atoms with Crippen LogP contribution < -0.4 is 4.74 Å². The molecule has 1 saturated heterocycles. The van der Waals surface area contributed by atoms with Crippen LogP contribution >= 0.6 is 11.6 Å². The molecule has 3 nitrogen and oxygen atoms in total. The van der Waals surface area contributed by atoms with Crippen molar-refractivity contribution in [2.75, 3.05) is 20.2 Å². The normalized spacial score (nSPS) is 19.1. The number of nitrogens with zero attached hydrogens (tertiary/aromatic N) is 2. The van der Waals surface area contributed by atoms with Gasteiger partial charge in [0.2, 0.25) is 0 Å². The van der Waals surface area contributed by atoms with Crippen molar-refractivity contribution in [1.29, 1.82) is 0 Å². The van der Waals surface area contributed by atoms with Crippen LogP contribution in [0.5, 0.6) is 5.75 Å². The molecular formula is C16H25ClN2O. The average molecular weight is 297 g/mol. The molecular weight excluding hydrogens is 272 g/mol. The van der Waals surface area contributed by atoms with Crippen LogP contribution in [0.4, 0.5) is 0 Å². The molecule has 1 fully saturated rings. The summed E-state index contributed by atoms with van der Waals surface area (Å²) >= 11 is 6.20. The van der Waals surface area contributed by atoms with Gasteiger partial charge in [0.15, 0.2) is 0 Å². The lowest BCUT2D eigenvalue weighted by Gasteiger charge is -2.33. The van der Waals surface area contributed by atoms with E-state index in [4.69, 9.17) is 16.3 Å². The van der Waals surface area contributed by atoms with E-state index >= 15 is 0 Å². The maximum Gasteiger partial charge on any atom is 0.128 e. The summed E-state index contributed by atoms with van der Waals surface area (Å²) in [6, 6.07) is 0. The van der Waals surface area contributed by atoms with Gasteiger partial charge in [-0.15, -0.1) is 11.6 Å². The molecule has 1 aromatic rings. The SMILES string of the molecule is COc1c(C)cnc(CN2CCC(C(C)Cl)CC2)c1C. The predicted octanol–water partition coefficient (Wildman–Crippen LogP) is 3.55. The Labute approximate surface area is 127 Å². The number of hydrogen-bond donors (Lipinski definition) is 0. The zero-order chi connectivity index (χ0) is 14.7. The van der Waals surface area contributed by atoms with Crippen molar-refractivity contribution in [3.63, 3.8) is 0 Å². The van der Waals surface area contributed by atoms with E-state index in [0.29, 0.717) is 5.92 Å². The Morgan fingerprint density at radius 1 is 1.40 bits per heavy atom. The summed E-state index contributed by atoms with van der Waals surface area (Å²) in [6.07, 6.45) is 4.29. The molecule has 0 aliphatic carbocycles. The van der Waals surface area contributed by atoms with Gasteiger partial charge in [-0.1, -0.05) is 0 Å². The lowest BCUT2D eigenvalue weighted by Crippen LogP contribution is -2.35. The van der Waals surface area contributed by atoms with Gasteiger partial charge in [0, 0.05) is 29.2 Å². The quantitative estimate of drug-likeness (QED) is 0.795. The van der Waals surface area contributed by atoms with Gasteiger partial charge in [0.25, 0.3) is 0 Å². The minimum absolute atomic E-state index is 0.288. The van der Waals surface area contributed by atoms with E-state index in [1.165, 1.54) is 18.4 Å². The van der Waals surface area contributed by atoms with Gasteiger partial charge in [-0.05, 0) is 52.6 Å². The zero-order valence-corrected chi connectivity index (χ0v) is 13.7. The molecule has 2 rings (SSSR count).